The fourth-order valence-corrected chi connectivity index (χ4v) is 1.82. The van der Waals surface area contributed by atoms with Gasteiger partial charge in [-0.3, -0.25) is 0 Å². The van der Waals surface area contributed by atoms with Crippen LogP contribution in [0.3, 0.4) is 0 Å². The van der Waals surface area contributed by atoms with Gasteiger partial charge in [0.2, 0.25) is 0 Å². The lowest BCUT2D eigenvalue weighted by Crippen LogP contribution is -1.90. The molecule has 0 spiro atoms. The number of benzene rings is 2. The first kappa shape index (κ1) is 12.1. The van der Waals surface area contributed by atoms with E-state index in [0.717, 1.165) is 22.3 Å². The Bertz CT molecular complexity index is 566. The predicted octanol–water partition coefficient (Wildman–Crippen LogP) is 3.84. The zero-order valence-electron chi connectivity index (χ0n) is 10.1. The molecular weight excluding hydrogens is 224 g/mol. The maximum absolute atomic E-state index is 10.6. The van der Waals surface area contributed by atoms with E-state index in [9.17, 15) is 4.79 Å². The van der Waals surface area contributed by atoms with Crippen LogP contribution in [0.1, 0.15) is 12.5 Å². The van der Waals surface area contributed by atoms with Crippen LogP contribution in [0.15, 0.2) is 60.7 Å². The molecule has 2 rings (SSSR count). The maximum atomic E-state index is 10.6. The number of allylic oxidation sites excluding steroid dienone is 1. The van der Waals surface area contributed by atoms with Gasteiger partial charge in [0.1, 0.15) is 0 Å². The molecule has 2 aromatic rings. The van der Waals surface area contributed by atoms with Crippen molar-refractivity contribution in [3.05, 3.63) is 66.2 Å². The van der Waals surface area contributed by atoms with Gasteiger partial charge >= 0.3 is 5.97 Å². The third-order valence-corrected chi connectivity index (χ3v) is 2.79. The molecule has 0 heterocycles. The first-order valence-corrected chi connectivity index (χ1v) is 5.74. The Morgan fingerprint density at radius 2 is 1.50 bits per heavy atom. The van der Waals surface area contributed by atoms with E-state index >= 15 is 0 Å². The van der Waals surface area contributed by atoms with E-state index in [1.54, 1.807) is 6.92 Å². The van der Waals surface area contributed by atoms with Crippen LogP contribution in [0, 0.1) is 0 Å². The summed E-state index contributed by atoms with van der Waals surface area (Å²) in [4.78, 5) is 10.6. The predicted molar refractivity (Wildman–Crippen MR) is 73.2 cm³/mol. The molecule has 0 radical (unpaired) electrons. The van der Waals surface area contributed by atoms with Crippen molar-refractivity contribution in [3.8, 4) is 11.1 Å². The molecule has 0 bridgehead atoms. The summed E-state index contributed by atoms with van der Waals surface area (Å²) in [5.41, 5.74) is 3.96. The summed E-state index contributed by atoms with van der Waals surface area (Å²) in [5, 5.41) is 8.70. The van der Waals surface area contributed by atoms with Gasteiger partial charge in [-0.05, 0) is 29.2 Å². The Morgan fingerprint density at radius 1 is 0.944 bits per heavy atom. The highest BCUT2D eigenvalue weighted by Gasteiger charge is 2.00. The van der Waals surface area contributed by atoms with Crippen molar-refractivity contribution in [2.45, 2.75) is 6.92 Å². The lowest BCUT2D eigenvalue weighted by atomic mass is 10.0. The molecule has 0 saturated carbocycles. The molecule has 0 aliphatic heterocycles. The summed E-state index contributed by atoms with van der Waals surface area (Å²) in [5.74, 6) is -0.917. The Balaban J connectivity index is 2.29. The van der Waals surface area contributed by atoms with E-state index in [0.29, 0.717) is 0 Å². The van der Waals surface area contributed by atoms with Crippen molar-refractivity contribution in [1.82, 2.24) is 0 Å². The van der Waals surface area contributed by atoms with Gasteiger partial charge in [-0.15, -0.1) is 0 Å². The largest absolute Gasteiger partial charge is 0.478 e. The number of aliphatic carboxylic acids is 1. The van der Waals surface area contributed by atoms with Crippen LogP contribution < -0.4 is 0 Å². The highest BCUT2D eigenvalue weighted by Crippen LogP contribution is 2.22. The minimum atomic E-state index is -0.917. The molecule has 1 N–H and O–H groups in total. The minimum Gasteiger partial charge on any atom is -0.478 e. The van der Waals surface area contributed by atoms with Crippen molar-refractivity contribution in [2.24, 2.45) is 0 Å². The molecule has 0 fully saturated rings. The molecule has 0 aliphatic rings. The highest BCUT2D eigenvalue weighted by atomic mass is 16.4. The van der Waals surface area contributed by atoms with Crippen LogP contribution in [-0.4, -0.2) is 11.1 Å². The number of carboxylic acids is 1. The van der Waals surface area contributed by atoms with E-state index in [-0.39, 0.29) is 0 Å². The fourth-order valence-electron chi connectivity index (χ4n) is 1.82. The van der Waals surface area contributed by atoms with Crippen LogP contribution in [0.4, 0.5) is 0 Å². The SMILES string of the molecule is CC(=CC(=O)O)c1ccc(-c2ccccc2)cc1. The van der Waals surface area contributed by atoms with E-state index in [1.807, 2.05) is 42.5 Å². The van der Waals surface area contributed by atoms with E-state index in [1.165, 1.54) is 6.08 Å². The Kier molecular flexibility index (Phi) is 3.58. The second kappa shape index (κ2) is 5.32. The van der Waals surface area contributed by atoms with Crippen LogP contribution in [0.25, 0.3) is 16.7 Å². The number of rotatable bonds is 3. The molecular formula is C16H14O2. The third kappa shape index (κ3) is 2.86. The van der Waals surface area contributed by atoms with E-state index < -0.39 is 5.97 Å². The Labute approximate surface area is 106 Å². The molecule has 90 valence electrons. The fraction of sp³-hybridized carbons (Fsp3) is 0.0625. The van der Waals surface area contributed by atoms with Gasteiger partial charge in [-0.25, -0.2) is 4.79 Å². The van der Waals surface area contributed by atoms with Gasteiger partial charge in [-0.1, -0.05) is 54.6 Å². The topological polar surface area (TPSA) is 37.3 Å². The summed E-state index contributed by atoms with van der Waals surface area (Å²) in [6, 6.07) is 18.0. The van der Waals surface area contributed by atoms with Crippen molar-refractivity contribution in [2.75, 3.05) is 0 Å². The van der Waals surface area contributed by atoms with Crippen molar-refractivity contribution < 1.29 is 9.90 Å². The van der Waals surface area contributed by atoms with Crippen molar-refractivity contribution in [1.29, 1.82) is 0 Å². The Morgan fingerprint density at radius 3 is 2.06 bits per heavy atom. The molecule has 2 heteroatoms. The van der Waals surface area contributed by atoms with Crippen LogP contribution in [0.2, 0.25) is 0 Å². The van der Waals surface area contributed by atoms with Crippen LogP contribution in [0.5, 0.6) is 0 Å². The molecule has 0 unspecified atom stereocenters. The van der Waals surface area contributed by atoms with Crippen molar-refractivity contribution in [3.63, 3.8) is 0 Å². The average molecular weight is 238 g/mol. The summed E-state index contributed by atoms with van der Waals surface area (Å²) >= 11 is 0. The summed E-state index contributed by atoms with van der Waals surface area (Å²) in [7, 11) is 0. The smallest absolute Gasteiger partial charge is 0.328 e. The molecule has 18 heavy (non-hydrogen) atoms. The summed E-state index contributed by atoms with van der Waals surface area (Å²) in [6.07, 6.45) is 1.22. The van der Waals surface area contributed by atoms with Crippen molar-refractivity contribution >= 4 is 11.5 Å². The number of carboxylic acid groups (broad SMARTS) is 1. The van der Waals surface area contributed by atoms with Gasteiger partial charge in [0.05, 0.1) is 0 Å². The molecule has 0 amide bonds. The van der Waals surface area contributed by atoms with Gasteiger partial charge in [0.15, 0.2) is 0 Å². The molecule has 0 atom stereocenters. The third-order valence-electron chi connectivity index (χ3n) is 2.79. The monoisotopic (exact) mass is 238 g/mol. The van der Waals surface area contributed by atoms with E-state index in [4.69, 9.17) is 5.11 Å². The molecule has 0 aliphatic carbocycles. The average Bonchev–Trinajstić information content (AvgIpc) is 2.39. The first-order valence-electron chi connectivity index (χ1n) is 5.74. The minimum absolute atomic E-state index is 0.752. The first-order chi connectivity index (χ1) is 8.66. The van der Waals surface area contributed by atoms with Gasteiger partial charge in [0.25, 0.3) is 0 Å². The van der Waals surface area contributed by atoms with Crippen LogP contribution in [-0.2, 0) is 4.79 Å². The van der Waals surface area contributed by atoms with Gasteiger partial charge < -0.3 is 5.11 Å². The highest BCUT2D eigenvalue weighted by molar-refractivity contribution is 5.89. The lowest BCUT2D eigenvalue weighted by Gasteiger charge is -2.04. The van der Waals surface area contributed by atoms with Crippen LogP contribution >= 0.6 is 0 Å². The van der Waals surface area contributed by atoms with E-state index in [2.05, 4.69) is 12.1 Å². The molecule has 2 aromatic carbocycles. The number of carbonyl (C=O) groups is 1. The zero-order valence-corrected chi connectivity index (χ0v) is 10.1. The number of hydrogen-bond donors (Lipinski definition) is 1. The Hall–Kier alpha value is -2.35. The van der Waals surface area contributed by atoms with Gasteiger partial charge in [-0.2, -0.15) is 0 Å². The second-order valence-corrected chi connectivity index (χ2v) is 4.11. The molecule has 0 saturated heterocycles. The summed E-state index contributed by atoms with van der Waals surface area (Å²) < 4.78 is 0. The zero-order chi connectivity index (χ0) is 13.0. The quantitative estimate of drug-likeness (QED) is 0.825. The second-order valence-electron chi connectivity index (χ2n) is 4.11. The summed E-state index contributed by atoms with van der Waals surface area (Å²) in [6.45, 7) is 1.80. The number of hydrogen-bond acceptors (Lipinski definition) is 1. The molecule has 0 aromatic heterocycles. The van der Waals surface area contributed by atoms with Gasteiger partial charge in [0, 0.05) is 6.08 Å². The molecule has 2 nitrogen and oxygen atoms in total. The standard InChI is InChI=1S/C16H14O2/c1-12(11-16(17)18)13-7-9-15(10-8-13)14-5-3-2-4-6-14/h2-11H,1H3,(H,17,18). The lowest BCUT2D eigenvalue weighted by molar-refractivity contribution is -0.131. The maximum Gasteiger partial charge on any atom is 0.328 e. The normalized spacial score (nSPS) is 11.3.